The minimum absolute atomic E-state index is 0.176. The smallest absolute Gasteiger partial charge is 0.330 e. The van der Waals surface area contributed by atoms with Crippen molar-refractivity contribution in [3.05, 3.63) is 24.3 Å². The number of nitriles is 1. The second kappa shape index (κ2) is 12.4. The van der Waals surface area contributed by atoms with Crippen LogP contribution in [-0.4, -0.2) is 37.4 Å². The summed E-state index contributed by atoms with van der Waals surface area (Å²) in [5.41, 5.74) is 0.736. The van der Waals surface area contributed by atoms with E-state index in [1.807, 2.05) is 6.07 Å². The minimum atomic E-state index is -0.935. The molecule has 5 heteroatoms. The second-order valence-electron chi connectivity index (χ2n) is 3.34. The normalized spacial score (nSPS) is 12.8. The molecule has 17 heavy (non-hydrogen) atoms. The van der Waals surface area contributed by atoms with Crippen LogP contribution in [0, 0.1) is 11.3 Å². The Balaban J connectivity index is 0. The fourth-order valence-electron chi connectivity index (χ4n) is 0.516. The molecule has 0 saturated carbocycles. The van der Waals surface area contributed by atoms with E-state index in [-0.39, 0.29) is 5.57 Å². The van der Waals surface area contributed by atoms with Gasteiger partial charge in [-0.3, -0.25) is 0 Å². The molecule has 0 aromatic heterocycles. The Morgan fingerprint density at radius 2 is 1.71 bits per heavy atom. The number of hydrogen-bond donors (Lipinski definition) is 2. The molecule has 1 heterocycles. The van der Waals surface area contributed by atoms with Gasteiger partial charge in [0, 0.05) is 24.2 Å². The average Bonchev–Trinajstić information content (AvgIpc) is 2.32. The SMILES string of the molecule is C1COCCN1.C=C(C)C#N.C=C(C)C(=O)O. The molecule has 1 aliphatic rings. The molecular formula is C12H20N2O3. The van der Waals surface area contributed by atoms with Gasteiger partial charge in [0.15, 0.2) is 0 Å². The first-order valence-electron chi connectivity index (χ1n) is 5.14. The van der Waals surface area contributed by atoms with Crippen molar-refractivity contribution < 1.29 is 14.6 Å². The van der Waals surface area contributed by atoms with Gasteiger partial charge in [0.25, 0.3) is 0 Å². The summed E-state index contributed by atoms with van der Waals surface area (Å²) >= 11 is 0. The van der Waals surface area contributed by atoms with Crippen molar-refractivity contribution in [2.24, 2.45) is 0 Å². The molecule has 0 aromatic rings. The van der Waals surface area contributed by atoms with Gasteiger partial charge < -0.3 is 15.2 Å². The van der Waals surface area contributed by atoms with Crippen LogP contribution < -0.4 is 5.32 Å². The molecule has 2 N–H and O–H groups in total. The van der Waals surface area contributed by atoms with Crippen molar-refractivity contribution in [2.75, 3.05) is 26.3 Å². The summed E-state index contributed by atoms with van der Waals surface area (Å²) in [4.78, 5) is 9.60. The zero-order valence-electron chi connectivity index (χ0n) is 10.5. The number of nitrogens with zero attached hydrogens (tertiary/aromatic N) is 1. The Morgan fingerprint density at radius 3 is 1.76 bits per heavy atom. The fraction of sp³-hybridized carbons (Fsp3) is 0.500. The fourth-order valence-corrected chi connectivity index (χ4v) is 0.516. The summed E-state index contributed by atoms with van der Waals surface area (Å²) in [6, 6.07) is 1.83. The van der Waals surface area contributed by atoms with E-state index in [9.17, 15) is 4.79 Å². The maximum atomic E-state index is 9.60. The van der Waals surface area contributed by atoms with Crippen molar-refractivity contribution in [3.63, 3.8) is 0 Å². The second-order valence-corrected chi connectivity index (χ2v) is 3.34. The van der Waals surface area contributed by atoms with E-state index in [4.69, 9.17) is 15.1 Å². The lowest BCUT2D eigenvalue weighted by Crippen LogP contribution is -2.30. The molecule has 0 aromatic carbocycles. The highest BCUT2D eigenvalue weighted by Gasteiger charge is 1.93. The van der Waals surface area contributed by atoms with E-state index in [1.54, 1.807) is 6.92 Å². The molecule has 1 fully saturated rings. The largest absolute Gasteiger partial charge is 0.478 e. The van der Waals surface area contributed by atoms with Crippen LogP contribution in [0.25, 0.3) is 0 Å². The summed E-state index contributed by atoms with van der Waals surface area (Å²) in [5.74, 6) is -0.935. The van der Waals surface area contributed by atoms with Gasteiger partial charge in [-0.1, -0.05) is 13.2 Å². The van der Waals surface area contributed by atoms with Crippen LogP contribution in [0.3, 0.4) is 0 Å². The first kappa shape index (κ1) is 17.7. The number of aliphatic carboxylic acids is 1. The highest BCUT2D eigenvalue weighted by Crippen LogP contribution is 1.81. The number of rotatable bonds is 1. The van der Waals surface area contributed by atoms with Crippen molar-refractivity contribution in [1.82, 2.24) is 5.32 Å². The lowest BCUT2D eigenvalue weighted by atomic mass is 10.4. The Hall–Kier alpha value is -1.64. The van der Waals surface area contributed by atoms with Crippen LogP contribution >= 0.6 is 0 Å². The molecular weight excluding hydrogens is 220 g/mol. The lowest BCUT2D eigenvalue weighted by molar-refractivity contribution is -0.132. The van der Waals surface area contributed by atoms with Gasteiger partial charge in [-0.25, -0.2) is 4.79 Å². The van der Waals surface area contributed by atoms with E-state index in [1.165, 1.54) is 6.92 Å². The van der Waals surface area contributed by atoms with Crippen molar-refractivity contribution in [3.8, 4) is 6.07 Å². The van der Waals surface area contributed by atoms with Crippen LogP contribution in [0.4, 0.5) is 0 Å². The minimum Gasteiger partial charge on any atom is -0.478 e. The third-order valence-corrected chi connectivity index (χ3v) is 1.40. The van der Waals surface area contributed by atoms with Crippen LogP contribution in [0.1, 0.15) is 13.8 Å². The Kier molecular flexibility index (Phi) is 13.0. The molecule has 0 aliphatic carbocycles. The highest BCUT2D eigenvalue weighted by molar-refractivity contribution is 5.84. The van der Waals surface area contributed by atoms with E-state index in [0.717, 1.165) is 26.3 Å². The number of morpholine rings is 1. The molecule has 0 bridgehead atoms. The molecule has 0 spiro atoms. The molecule has 1 rings (SSSR count). The van der Waals surface area contributed by atoms with Crippen LogP contribution in [0.2, 0.25) is 0 Å². The van der Waals surface area contributed by atoms with Crippen LogP contribution in [0.15, 0.2) is 24.3 Å². The summed E-state index contributed by atoms with van der Waals surface area (Å²) in [6.07, 6.45) is 0. The number of nitrogens with one attached hydrogen (secondary N) is 1. The molecule has 5 nitrogen and oxygen atoms in total. The predicted octanol–water partition coefficient (Wildman–Crippen LogP) is 1.34. The summed E-state index contributed by atoms with van der Waals surface area (Å²) in [7, 11) is 0. The van der Waals surface area contributed by atoms with Gasteiger partial charge >= 0.3 is 5.97 Å². The third-order valence-electron chi connectivity index (χ3n) is 1.40. The predicted molar refractivity (Wildman–Crippen MR) is 66.6 cm³/mol. The van der Waals surface area contributed by atoms with Gasteiger partial charge in [-0.05, 0) is 13.8 Å². The molecule has 1 aliphatic heterocycles. The number of allylic oxidation sites excluding steroid dienone is 1. The maximum Gasteiger partial charge on any atom is 0.330 e. The van der Waals surface area contributed by atoms with E-state index < -0.39 is 5.97 Å². The molecule has 0 atom stereocenters. The molecule has 0 amide bonds. The number of carboxylic acid groups (broad SMARTS) is 1. The number of carbonyl (C=O) groups is 1. The Labute approximate surface area is 102 Å². The number of carboxylic acids is 1. The molecule has 0 radical (unpaired) electrons. The van der Waals surface area contributed by atoms with Gasteiger partial charge in [0.05, 0.1) is 19.3 Å². The van der Waals surface area contributed by atoms with Crippen molar-refractivity contribution >= 4 is 5.97 Å². The van der Waals surface area contributed by atoms with E-state index in [2.05, 4.69) is 18.5 Å². The van der Waals surface area contributed by atoms with Gasteiger partial charge in [-0.2, -0.15) is 5.26 Å². The maximum absolute atomic E-state index is 9.60. The van der Waals surface area contributed by atoms with Crippen LogP contribution in [-0.2, 0) is 9.53 Å². The molecule has 96 valence electrons. The zero-order chi connectivity index (χ0) is 13.7. The average molecular weight is 240 g/mol. The van der Waals surface area contributed by atoms with E-state index in [0.29, 0.717) is 5.57 Å². The molecule has 1 saturated heterocycles. The van der Waals surface area contributed by atoms with Gasteiger partial charge in [0.1, 0.15) is 0 Å². The summed E-state index contributed by atoms with van der Waals surface area (Å²) in [5, 5.41) is 18.8. The quantitative estimate of drug-likeness (QED) is 0.534. The Bertz CT molecular complexity index is 265. The summed E-state index contributed by atoms with van der Waals surface area (Å²) < 4.78 is 5.01. The van der Waals surface area contributed by atoms with Gasteiger partial charge in [0.2, 0.25) is 0 Å². The Morgan fingerprint density at radius 1 is 1.35 bits per heavy atom. The van der Waals surface area contributed by atoms with Crippen molar-refractivity contribution in [1.29, 1.82) is 5.26 Å². The third kappa shape index (κ3) is 20.4. The first-order chi connectivity index (χ1) is 7.91. The summed E-state index contributed by atoms with van der Waals surface area (Å²) in [6.45, 7) is 13.4. The number of hydrogen-bond acceptors (Lipinski definition) is 4. The standard InChI is InChI=1S/C4H9NO.C4H5N.C4H6O2/c1-3-6-4-2-5-1;1-4(2)3-5;1-3(2)4(5)6/h5H,1-4H2;1H2,2H3;1H2,2H3,(H,5,6). The van der Waals surface area contributed by atoms with E-state index >= 15 is 0 Å². The van der Waals surface area contributed by atoms with Gasteiger partial charge in [-0.15, -0.1) is 0 Å². The van der Waals surface area contributed by atoms with Crippen LogP contribution in [0.5, 0.6) is 0 Å². The first-order valence-corrected chi connectivity index (χ1v) is 5.14. The monoisotopic (exact) mass is 240 g/mol. The van der Waals surface area contributed by atoms with Crippen molar-refractivity contribution in [2.45, 2.75) is 13.8 Å². The topological polar surface area (TPSA) is 82.3 Å². The number of ether oxygens (including phenoxy) is 1. The lowest BCUT2D eigenvalue weighted by Gasteiger charge is -2.10. The molecule has 0 unspecified atom stereocenters. The highest BCUT2D eigenvalue weighted by atomic mass is 16.5. The zero-order valence-corrected chi connectivity index (χ0v) is 10.5.